The summed E-state index contributed by atoms with van der Waals surface area (Å²) in [5.41, 5.74) is 3.83. The van der Waals surface area contributed by atoms with Gasteiger partial charge in [0.2, 0.25) is 11.8 Å². The maximum Gasteiger partial charge on any atom is 0.242 e. The highest BCUT2D eigenvalue weighted by molar-refractivity contribution is 5.90. The van der Waals surface area contributed by atoms with Gasteiger partial charge in [-0.15, -0.1) is 0 Å². The summed E-state index contributed by atoms with van der Waals surface area (Å²) in [5, 5.41) is 6.03. The van der Waals surface area contributed by atoms with E-state index in [4.69, 9.17) is 0 Å². The summed E-state index contributed by atoms with van der Waals surface area (Å²) in [5.74, 6) is -1.32. The Morgan fingerprint density at radius 3 is 2.49 bits per heavy atom. The Kier molecular flexibility index (Phi) is 9.32. The summed E-state index contributed by atoms with van der Waals surface area (Å²) in [7, 11) is 0. The van der Waals surface area contributed by atoms with Crippen LogP contribution >= 0.6 is 0 Å². The van der Waals surface area contributed by atoms with Crippen molar-refractivity contribution in [3.05, 3.63) is 89.5 Å². The quantitative estimate of drug-likeness (QED) is 0.304. The molecule has 41 heavy (non-hydrogen) atoms. The van der Waals surface area contributed by atoms with E-state index in [2.05, 4.69) is 15.5 Å². The molecular formula is C34H39F2N3O2. The minimum atomic E-state index is -0.651. The van der Waals surface area contributed by atoms with Crippen molar-refractivity contribution in [3.63, 3.8) is 0 Å². The van der Waals surface area contributed by atoms with Crippen LogP contribution in [0.1, 0.15) is 62.5 Å². The number of benzene rings is 3. The van der Waals surface area contributed by atoms with Crippen molar-refractivity contribution in [2.24, 2.45) is 5.92 Å². The number of nitrogens with zero attached hydrogens (tertiary/aromatic N) is 1. The van der Waals surface area contributed by atoms with Crippen LogP contribution in [-0.2, 0) is 16.0 Å². The van der Waals surface area contributed by atoms with Crippen molar-refractivity contribution in [2.75, 3.05) is 24.5 Å². The van der Waals surface area contributed by atoms with E-state index in [1.54, 1.807) is 31.2 Å². The Labute approximate surface area is 241 Å². The lowest BCUT2D eigenvalue weighted by molar-refractivity contribution is -0.130. The second kappa shape index (κ2) is 13.3. The number of halogens is 2. The van der Waals surface area contributed by atoms with Gasteiger partial charge in [0.15, 0.2) is 0 Å². The summed E-state index contributed by atoms with van der Waals surface area (Å²) in [6.07, 6.45) is 6.99. The van der Waals surface area contributed by atoms with Gasteiger partial charge in [-0.05, 0) is 66.6 Å². The predicted octanol–water partition coefficient (Wildman–Crippen LogP) is 6.37. The molecule has 2 amide bonds. The maximum absolute atomic E-state index is 15.0. The van der Waals surface area contributed by atoms with Crippen LogP contribution in [-0.4, -0.2) is 37.5 Å². The molecule has 0 saturated heterocycles. The number of carbonyl (C=O) groups is 2. The zero-order chi connectivity index (χ0) is 28.8. The summed E-state index contributed by atoms with van der Waals surface area (Å²) in [6.45, 7) is 3.57. The minimum absolute atomic E-state index is 0.194. The van der Waals surface area contributed by atoms with Crippen LogP contribution in [0.2, 0.25) is 0 Å². The van der Waals surface area contributed by atoms with Gasteiger partial charge in [-0.2, -0.15) is 0 Å². The Hall–Kier alpha value is -3.74. The Balaban J connectivity index is 1.22. The monoisotopic (exact) mass is 559 g/mol. The highest BCUT2D eigenvalue weighted by Crippen LogP contribution is 2.30. The van der Waals surface area contributed by atoms with Crippen LogP contribution in [0.3, 0.4) is 0 Å². The number of hydrogen-bond acceptors (Lipinski definition) is 3. The van der Waals surface area contributed by atoms with Crippen molar-refractivity contribution >= 4 is 17.5 Å². The summed E-state index contributed by atoms with van der Waals surface area (Å²) < 4.78 is 28.6. The molecule has 5 rings (SSSR count). The molecule has 7 heteroatoms. The number of hydrogen-bond donors (Lipinski definition) is 2. The van der Waals surface area contributed by atoms with Crippen molar-refractivity contribution < 1.29 is 18.4 Å². The van der Waals surface area contributed by atoms with Crippen LogP contribution in [0.15, 0.2) is 66.7 Å². The fourth-order valence-electron chi connectivity index (χ4n) is 6.20. The molecule has 1 saturated carbocycles. The van der Waals surface area contributed by atoms with E-state index in [9.17, 15) is 14.0 Å². The molecule has 0 aromatic heterocycles. The van der Waals surface area contributed by atoms with Gasteiger partial charge in [0.05, 0.1) is 5.92 Å². The van der Waals surface area contributed by atoms with Gasteiger partial charge in [-0.25, -0.2) is 8.78 Å². The molecule has 1 unspecified atom stereocenters. The lowest BCUT2D eigenvalue weighted by Gasteiger charge is -2.28. The van der Waals surface area contributed by atoms with Gasteiger partial charge >= 0.3 is 0 Å². The van der Waals surface area contributed by atoms with E-state index in [-0.39, 0.29) is 23.4 Å². The highest BCUT2D eigenvalue weighted by atomic mass is 19.1. The molecule has 2 N–H and O–H groups in total. The molecule has 1 heterocycles. The molecule has 1 aliphatic carbocycles. The summed E-state index contributed by atoms with van der Waals surface area (Å²) in [6, 6.07) is 18.4. The van der Waals surface area contributed by atoms with Crippen LogP contribution in [0.5, 0.6) is 0 Å². The lowest BCUT2D eigenvalue weighted by Crippen LogP contribution is -2.50. The van der Waals surface area contributed by atoms with Crippen molar-refractivity contribution in [1.29, 1.82) is 0 Å². The zero-order valence-corrected chi connectivity index (χ0v) is 23.7. The van der Waals surface area contributed by atoms with Crippen molar-refractivity contribution in [2.45, 2.75) is 63.8 Å². The molecule has 1 fully saturated rings. The number of anilines is 1. The van der Waals surface area contributed by atoms with E-state index in [1.165, 1.54) is 18.6 Å². The fourth-order valence-corrected chi connectivity index (χ4v) is 6.20. The van der Waals surface area contributed by atoms with E-state index in [0.717, 1.165) is 55.5 Å². The van der Waals surface area contributed by atoms with E-state index in [0.29, 0.717) is 36.6 Å². The average Bonchev–Trinajstić information content (AvgIpc) is 3.39. The second-order valence-corrected chi connectivity index (χ2v) is 11.4. The molecule has 1 aliphatic heterocycles. The summed E-state index contributed by atoms with van der Waals surface area (Å²) in [4.78, 5) is 28.9. The van der Waals surface area contributed by atoms with Gasteiger partial charge < -0.3 is 15.5 Å². The number of rotatable bonds is 10. The third-order valence-corrected chi connectivity index (χ3v) is 8.61. The van der Waals surface area contributed by atoms with Crippen LogP contribution < -0.4 is 15.5 Å². The molecule has 216 valence electrons. The third kappa shape index (κ3) is 7.13. The highest BCUT2D eigenvalue weighted by Gasteiger charge is 2.28. The number of fused-ring (bicyclic) bond motifs is 1. The Bertz CT molecular complexity index is 1360. The Morgan fingerprint density at radius 1 is 0.951 bits per heavy atom. The molecule has 3 aromatic rings. The fraction of sp³-hybridized carbons (Fsp3) is 0.412. The molecule has 5 nitrogen and oxygen atoms in total. The Morgan fingerprint density at radius 2 is 1.73 bits per heavy atom. The maximum atomic E-state index is 15.0. The van der Waals surface area contributed by atoms with Crippen LogP contribution in [0.25, 0.3) is 11.1 Å². The molecule has 0 spiro atoms. The number of nitrogens with one attached hydrogen (secondary N) is 2. The van der Waals surface area contributed by atoms with Gasteiger partial charge in [0.1, 0.15) is 17.7 Å². The number of amides is 2. The van der Waals surface area contributed by atoms with Gasteiger partial charge in [-0.3, -0.25) is 9.59 Å². The third-order valence-electron chi connectivity index (χ3n) is 8.61. The first kappa shape index (κ1) is 28.8. The standard InChI is InChI=1S/C34H39F2N3O2/c1-23(26-12-14-29(30(36)22-26)25-10-6-3-7-11-25)33(40)38-31(20-24-8-4-2-5-9-24)34(41)37-17-19-39-18-16-27-21-28(35)13-15-32(27)39/h3,6-7,10-15,21-24,31H,2,4-5,8-9,16-20H2,1H3,(H,37,41)(H,38,40)/t23?,31-/m0/s1. The minimum Gasteiger partial charge on any atom is -0.369 e. The predicted molar refractivity (Wildman–Crippen MR) is 159 cm³/mol. The molecule has 2 atom stereocenters. The number of carbonyl (C=O) groups excluding carboxylic acids is 2. The van der Waals surface area contributed by atoms with Gasteiger partial charge in [-0.1, -0.05) is 74.6 Å². The topological polar surface area (TPSA) is 61.4 Å². The van der Waals surface area contributed by atoms with Gasteiger partial charge in [0, 0.05) is 30.9 Å². The average molecular weight is 560 g/mol. The second-order valence-electron chi connectivity index (χ2n) is 11.4. The largest absolute Gasteiger partial charge is 0.369 e. The molecule has 0 bridgehead atoms. The van der Waals surface area contributed by atoms with E-state index in [1.807, 2.05) is 30.3 Å². The lowest BCUT2D eigenvalue weighted by atomic mass is 9.84. The first-order chi connectivity index (χ1) is 19.9. The first-order valence-corrected chi connectivity index (χ1v) is 14.9. The van der Waals surface area contributed by atoms with Gasteiger partial charge in [0.25, 0.3) is 0 Å². The van der Waals surface area contributed by atoms with Crippen LogP contribution in [0, 0.1) is 17.6 Å². The molecular weight excluding hydrogens is 520 g/mol. The molecule has 3 aromatic carbocycles. The molecule has 2 aliphatic rings. The van der Waals surface area contributed by atoms with E-state index < -0.39 is 12.0 Å². The summed E-state index contributed by atoms with van der Waals surface area (Å²) >= 11 is 0. The molecule has 0 radical (unpaired) electrons. The SMILES string of the molecule is CC(C(=O)N[C@@H](CC1CCCCC1)C(=O)NCCN1CCc2cc(F)ccc21)c1ccc(-c2ccccc2)c(F)c1. The van der Waals surface area contributed by atoms with Crippen LogP contribution in [0.4, 0.5) is 14.5 Å². The van der Waals surface area contributed by atoms with Crippen molar-refractivity contribution in [1.82, 2.24) is 10.6 Å². The smallest absolute Gasteiger partial charge is 0.242 e. The zero-order valence-electron chi connectivity index (χ0n) is 23.7. The van der Waals surface area contributed by atoms with E-state index >= 15 is 4.39 Å². The normalized spacial score (nSPS) is 16.6. The first-order valence-electron chi connectivity index (χ1n) is 14.9. The van der Waals surface area contributed by atoms with Crippen molar-refractivity contribution in [3.8, 4) is 11.1 Å².